The van der Waals surface area contributed by atoms with Gasteiger partial charge in [-0.1, -0.05) is 26.8 Å². The molecule has 0 radical (unpaired) electrons. The first-order valence-corrected chi connectivity index (χ1v) is 7.32. The van der Waals surface area contributed by atoms with E-state index in [0.29, 0.717) is 16.7 Å². The number of hydrogen-bond donors (Lipinski definition) is 1. The lowest BCUT2D eigenvalue weighted by molar-refractivity contribution is 0.0948. The van der Waals surface area contributed by atoms with E-state index in [1.807, 2.05) is 0 Å². The van der Waals surface area contributed by atoms with Gasteiger partial charge in [0.15, 0.2) is 0 Å². The van der Waals surface area contributed by atoms with Crippen molar-refractivity contribution in [1.82, 2.24) is 14.9 Å². The molecule has 1 aromatic heterocycles. The van der Waals surface area contributed by atoms with E-state index in [0.717, 1.165) is 23.4 Å². The zero-order valence-electron chi connectivity index (χ0n) is 8.86. The fourth-order valence-electron chi connectivity index (χ4n) is 2.16. The number of carbonyl (C=O) groups is 1. The lowest BCUT2D eigenvalue weighted by Crippen LogP contribution is -2.30. The Morgan fingerprint density at radius 1 is 1.56 bits per heavy atom. The highest BCUT2D eigenvalue weighted by atomic mass is 79.9. The lowest BCUT2D eigenvalue weighted by atomic mass is 9.98. The molecule has 0 bridgehead atoms. The first-order valence-electron chi connectivity index (χ1n) is 5.42. The number of amides is 1. The second-order valence-electron chi connectivity index (χ2n) is 4.10. The molecule has 0 aromatic carbocycles. The molecule has 6 heteroatoms. The van der Waals surface area contributed by atoms with Gasteiger partial charge in [-0.05, 0) is 36.2 Å². The van der Waals surface area contributed by atoms with Gasteiger partial charge in [0.05, 0.1) is 6.20 Å². The van der Waals surface area contributed by atoms with Gasteiger partial charge in [-0.15, -0.1) is 5.10 Å². The third-order valence-corrected chi connectivity index (χ3v) is 4.62. The van der Waals surface area contributed by atoms with Gasteiger partial charge in [0.25, 0.3) is 5.91 Å². The van der Waals surface area contributed by atoms with Gasteiger partial charge >= 0.3 is 0 Å². The van der Waals surface area contributed by atoms with Crippen LogP contribution in [0.2, 0.25) is 0 Å². The van der Waals surface area contributed by atoms with Gasteiger partial charge in [0.1, 0.15) is 4.88 Å². The quantitative estimate of drug-likeness (QED) is 0.867. The number of rotatable bonds is 4. The molecule has 0 saturated heterocycles. The van der Waals surface area contributed by atoms with Crippen molar-refractivity contribution in [3.63, 3.8) is 0 Å². The van der Waals surface area contributed by atoms with Crippen LogP contribution in [0.1, 0.15) is 28.9 Å². The summed E-state index contributed by atoms with van der Waals surface area (Å²) in [4.78, 5) is 12.3. The largest absolute Gasteiger partial charge is 0.351 e. The highest BCUT2D eigenvalue weighted by Crippen LogP contribution is 2.32. The molecule has 0 aliphatic heterocycles. The van der Waals surface area contributed by atoms with Gasteiger partial charge in [-0.3, -0.25) is 4.79 Å². The van der Waals surface area contributed by atoms with Crippen LogP contribution in [0.3, 0.4) is 0 Å². The summed E-state index contributed by atoms with van der Waals surface area (Å²) in [6.07, 6.45) is 5.28. The van der Waals surface area contributed by atoms with Crippen molar-refractivity contribution in [2.75, 3.05) is 11.9 Å². The molecule has 2 unspecified atom stereocenters. The van der Waals surface area contributed by atoms with Crippen molar-refractivity contribution < 1.29 is 4.79 Å². The van der Waals surface area contributed by atoms with Crippen LogP contribution in [0.4, 0.5) is 0 Å². The van der Waals surface area contributed by atoms with E-state index in [4.69, 9.17) is 0 Å². The molecular weight excluding hydrogens is 290 g/mol. The summed E-state index contributed by atoms with van der Waals surface area (Å²) in [5.41, 5.74) is 0. The maximum absolute atomic E-state index is 11.7. The second kappa shape index (κ2) is 5.72. The number of carbonyl (C=O) groups excluding carboxylic acids is 1. The van der Waals surface area contributed by atoms with Crippen molar-refractivity contribution in [1.29, 1.82) is 0 Å². The predicted octanol–water partition coefficient (Wildman–Crippen LogP) is 2.08. The number of halogens is 1. The van der Waals surface area contributed by atoms with Gasteiger partial charge in [-0.25, -0.2) is 0 Å². The van der Waals surface area contributed by atoms with Crippen LogP contribution in [0.15, 0.2) is 6.20 Å². The molecule has 1 N–H and O–H groups in total. The standard InChI is InChI=1S/C10H14BrN3OS/c11-4-7-2-1-3-8(7)5-12-10(15)9-6-13-14-16-9/h6-8H,1-5H2,(H,12,15). The average molecular weight is 304 g/mol. The Morgan fingerprint density at radius 2 is 2.38 bits per heavy atom. The summed E-state index contributed by atoms with van der Waals surface area (Å²) in [6, 6.07) is 0. The molecule has 1 heterocycles. The van der Waals surface area contributed by atoms with Gasteiger partial charge in [0.2, 0.25) is 0 Å². The van der Waals surface area contributed by atoms with Gasteiger partial charge < -0.3 is 5.32 Å². The fraction of sp³-hybridized carbons (Fsp3) is 0.700. The summed E-state index contributed by atoms with van der Waals surface area (Å²) >= 11 is 4.67. The van der Waals surface area contributed by atoms with Crippen LogP contribution < -0.4 is 5.32 Å². The van der Waals surface area contributed by atoms with E-state index in [-0.39, 0.29) is 5.91 Å². The van der Waals surface area contributed by atoms with Crippen LogP contribution in [0.25, 0.3) is 0 Å². The predicted molar refractivity (Wildman–Crippen MR) is 66.9 cm³/mol. The highest BCUT2D eigenvalue weighted by molar-refractivity contribution is 9.09. The van der Waals surface area contributed by atoms with E-state index in [2.05, 4.69) is 30.8 Å². The Bertz CT molecular complexity index is 344. The molecule has 1 aliphatic carbocycles. The Labute approximate surface area is 107 Å². The SMILES string of the molecule is O=C(NCC1CCCC1CBr)c1cnns1. The number of aromatic nitrogens is 2. The monoisotopic (exact) mass is 303 g/mol. The molecule has 1 fully saturated rings. The van der Waals surface area contributed by atoms with E-state index in [1.165, 1.54) is 25.5 Å². The summed E-state index contributed by atoms with van der Waals surface area (Å²) in [5, 5.41) is 7.65. The molecule has 2 rings (SSSR count). The number of alkyl halides is 1. The van der Waals surface area contributed by atoms with E-state index >= 15 is 0 Å². The van der Waals surface area contributed by atoms with Crippen molar-refractivity contribution in [2.45, 2.75) is 19.3 Å². The Balaban J connectivity index is 1.81. The molecule has 0 spiro atoms. The number of nitrogens with one attached hydrogen (secondary N) is 1. The highest BCUT2D eigenvalue weighted by Gasteiger charge is 2.26. The molecule has 4 nitrogen and oxygen atoms in total. The smallest absolute Gasteiger partial charge is 0.264 e. The van der Waals surface area contributed by atoms with Crippen molar-refractivity contribution >= 4 is 33.4 Å². The molecular formula is C10H14BrN3OS. The van der Waals surface area contributed by atoms with E-state index in [1.54, 1.807) is 0 Å². The third kappa shape index (κ3) is 2.79. The normalized spacial score (nSPS) is 24.6. The molecule has 16 heavy (non-hydrogen) atoms. The molecule has 1 amide bonds. The minimum atomic E-state index is -0.0461. The Kier molecular flexibility index (Phi) is 4.29. The summed E-state index contributed by atoms with van der Waals surface area (Å²) < 4.78 is 3.68. The van der Waals surface area contributed by atoms with E-state index in [9.17, 15) is 4.79 Å². The minimum Gasteiger partial charge on any atom is -0.351 e. The third-order valence-electron chi connectivity index (χ3n) is 3.12. The summed E-state index contributed by atoms with van der Waals surface area (Å²) in [6.45, 7) is 0.771. The number of hydrogen-bond acceptors (Lipinski definition) is 4. The maximum Gasteiger partial charge on any atom is 0.264 e. The average Bonchev–Trinajstić information content (AvgIpc) is 2.96. The van der Waals surface area contributed by atoms with Gasteiger partial charge in [-0.2, -0.15) is 0 Å². The van der Waals surface area contributed by atoms with Crippen LogP contribution in [0.5, 0.6) is 0 Å². The Hall–Kier alpha value is -0.490. The second-order valence-corrected chi connectivity index (χ2v) is 5.53. The Morgan fingerprint density at radius 3 is 3.06 bits per heavy atom. The van der Waals surface area contributed by atoms with Crippen LogP contribution in [-0.2, 0) is 0 Å². The van der Waals surface area contributed by atoms with Crippen LogP contribution in [-0.4, -0.2) is 27.4 Å². The first-order chi connectivity index (χ1) is 7.81. The van der Waals surface area contributed by atoms with Crippen molar-refractivity contribution in [3.8, 4) is 0 Å². The minimum absolute atomic E-state index is 0.0461. The summed E-state index contributed by atoms with van der Waals surface area (Å²) in [7, 11) is 0. The maximum atomic E-state index is 11.7. The zero-order valence-corrected chi connectivity index (χ0v) is 11.3. The number of nitrogens with zero attached hydrogens (tertiary/aromatic N) is 2. The molecule has 2 atom stereocenters. The topological polar surface area (TPSA) is 54.9 Å². The molecule has 1 aromatic rings. The van der Waals surface area contributed by atoms with E-state index < -0.39 is 0 Å². The van der Waals surface area contributed by atoms with Crippen molar-refractivity contribution in [3.05, 3.63) is 11.1 Å². The lowest BCUT2D eigenvalue weighted by Gasteiger charge is -2.17. The van der Waals surface area contributed by atoms with Crippen molar-refractivity contribution in [2.24, 2.45) is 11.8 Å². The molecule has 88 valence electrons. The fourth-order valence-corrected chi connectivity index (χ4v) is 3.45. The van der Waals surface area contributed by atoms with Crippen LogP contribution >= 0.6 is 27.5 Å². The summed E-state index contributed by atoms with van der Waals surface area (Å²) in [5.74, 6) is 1.28. The molecule has 1 aliphatic rings. The zero-order chi connectivity index (χ0) is 11.4. The van der Waals surface area contributed by atoms with Crippen LogP contribution in [0, 0.1) is 11.8 Å². The molecule has 1 saturated carbocycles. The first kappa shape index (κ1) is 12.0. The van der Waals surface area contributed by atoms with Gasteiger partial charge in [0, 0.05) is 11.9 Å².